The summed E-state index contributed by atoms with van der Waals surface area (Å²) >= 11 is 18.9. The van der Waals surface area contributed by atoms with Crippen LogP contribution >= 0.6 is 46.6 Å². The van der Waals surface area contributed by atoms with E-state index in [0.717, 1.165) is 30.0 Å². The van der Waals surface area contributed by atoms with Gasteiger partial charge in [-0.1, -0.05) is 46.6 Å². The summed E-state index contributed by atoms with van der Waals surface area (Å²) in [5.41, 5.74) is -0.830. The number of halogens is 6. The number of nitrogens with zero attached hydrogens (tertiary/aromatic N) is 3. The van der Waals surface area contributed by atoms with Crippen LogP contribution in [0.5, 0.6) is 0 Å². The molecule has 1 heterocycles. The lowest BCUT2D eigenvalue weighted by Gasteiger charge is -2.16. The van der Waals surface area contributed by atoms with Crippen LogP contribution in [0, 0.1) is 0 Å². The molecule has 0 saturated carbocycles. The highest BCUT2D eigenvalue weighted by molar-refractivity contribution is 7.99. The van der Waals surface area contributed by atoms with E-state index in [9.17, 15) is 22.8 Å². The van der Waals surface area contributed by atoms with Crippen molar-refractivity contribution in [3.05, 3.63) is 68.4 Å². The fourth-order valence-corrected chi connectivity index (χ4v) is 4.62. The Kier molecular flexibility index (Phi) is 9.15. The maximum Gasteiger partial charge on any atom is 0.416 e. The van der Waals surface area contributed by atoms with Crippen molar-refractivity contribution < 1.29 is 22.8 Å². The zero-order chi connectivity index (χ0) is 26.6. The van der Waals surface area contributed by atoms with Gasteiger partial charge >= 0.3 is 6.18 Å². The lowest BCUT2D eigenvalue weighted by atomic mass is 10.2. The van der Waals surface area contributed by atoms with Crippen LogP contribution in [0.15, 0.2) is 41.6 Å². The van der Waals surface area contributed by atoms with Gasteiger partial charge in [0.05, 0.1) is 38.7 Å². The number of benzene rings is 2. The summed E-state index contributed by atoms with van der Waals surface area (Å²) in [6.45, 7) is 3.99. The standard InChI is InChI=1S/C22H19Cl3F3N5O2S/c1-3-33-19(11(2)29-20(35)14-6-5-13(23)9-16(14)25)31-32-21(33)36-10-18(34)30-17-8-12(22(26,27)28)4-7-15(17)24/h4-9,11H,3,10H2,1-2H3,(H,29,35)(H,30,34)/t11-/m1/s1. The highest BCUT2D eigenvalue weighted by Crippen LogP contribution is 2.34. The number of alkyl halides is 3. The third-order valence-electron chi connectivity index (χ3n) is 4.87. The van der Waals surface area contributed by atoms with Crippen LogP contribution in [0.25, 0.3) is 0 Å². The molecule has 0 unspecified atom stereocenters. The second-order valence-electron chi connectivity index (χ2n) is 7.43. The summed E-state index contributed by atoms with van der Waals surface area (Å²) < 4.78 is 40.6. The Hall–Kier alpha value is -2.47. The highest BCUT2D eigenvalue weighted by atomic mass is 35.5. The molecule has 192 valence electrons. The Bertz CT molecular complexity index is 1290. The normalized spacial score (nSPS) is 12.3. The molecule has 0 saturated heterocycles. The molecule has 14 heteroatoms. The van der Waals surface area contributed by atoms with Gasteiger partial charge in [-0.25, -0.2) is 0 Å². The molecule has 0 aliphatic carbocycles. The number of hydrogen-bond acceptors (Lipinski definition) is 5. The van der Waals surface area contributed by atoms with E-state index in [0.29, 0.717) is 22.5 Å². The van der Waals surface area contributed by atoms with Gasteiger partial charge in [-0.15, -0.1) is 10.2 Å². The van der Waals surface area contributed by atoms with Crippen molar-refractivity contribution in [1.29, 1.82) is 0 Å². The minimum absolute atomic E-state index is 0.0225. The summed E-state index contributed by atoms with van der Waals surface area (Å²) in [7, 11) is 0. The van der Waals surface area contributed by atoms with Crippen molar-refractivity contribution in [2.45, 2.75) is 37.8 Å². The minimum Gasteiger partial charge on any atom is -0.342 e. The van der Waals surface area contributed by atoms with E-state index in [1.54, 1.807) is 17.6 Å². The van der Waals surface area contributed by atoms with Crippen LogP contribution in [-0.4, -0.2) is 32.3 Å². The Morgan fingerprint density at radius 3 is 2.44 bits per heavy atom. The van der Waals surface area contributed by atoms with Crippen molar-refractivity contribution in [1.82, 2.24) is 20.1 Å². The molecule has 0 aliphatic rings. The van der Waals surface area contributed by atoms with Crippen LogP contribution in [0.3, 0.4) is 0 Å². The van der Waals surface area contributed by atoms with Crippen molar-refractivity contribution in [3.8, 4) is 0 Å². The van der Waals surface area contributed by atoms with Gasteiger partial charge in [0.15, 0.2) is 11.0 Å². The lowest BCUT2D eigenvalue weighted by molar-refractivity contribution is -0.137. The fraction of sp³-hybridized carbons (Fsp3) is 0.273. The molecular weight excluding hydrogens is 562 g/mol. The number of anilines is 1. The Labute approximate surface area is 223 Å². The number of nitrogens with one attached hydrogen (secondary N) is 2. The number of carbonyl (C=O) groups excluding carboxylic acids is 2. The predicted octanol–water partition coefficient (Wildman–Crippen LogP) is 6.50. The molecule has 2 aromatic carbocycles. The van der Waals surface area contributed by atoms with Crippen molar-refractivity contribution in [3.63, 3.8) is 0 Å². The number of aromatic nitrogens is 3. The molecule has 1 atom stereocenters. The van der Waals surface area contributed by atoms with Gasteiger partial charge in [0, 0.05) is 11.6 Å². The molecule has 1 aromatic heterocycles. The fourth-order valence-electron chi connectivity index (χ4n) is 3.15. The molecule has 3 rings (SSSR count). The molecule has 2 N–H and O–H groups in total. The molecule has 7 nitrogen and oxygen atoms in total. The SMILES string of the molecule is CCn1c(SCC(=O)Nc2cc(C(F)(F)F)ccc2Cl)nnc1[C@@H](C)NC(=O)c1ccc(Cl)cc1Cl. The quantitative estimate of drug-likeness (QED) is 0.297. The van der Waals surface area contributed by atoms with E-state index in [-0.39, 0.29) is 27.0 Å². The highest BCUT2D eigenvalue weighted by Gasteiger charge is 2.31. The molecule has 0 spiro atoms. The molecule has 0 fully saturated rings. The summed E-state index contributed by atoms with van der Waals surface area (Å²) in [6, 6.07) is 6.64. The monoisotopic (exact) mass is 579 g/mol. The first-order valence-electron chi connectivity index (χ1n) is 10.4. The summed E-state index contributed by atoms with van der Waals surface area (Å²) in [4.78, 5) is 25.0. The van der Waals surface area contributed by atoms with Crippen LogP contribution in [0.4, 0.5) is 18.9 Å². The first-order valence-corrected chi connectivity index (χ1v) is 12.5. The van der Waals surface area contributed by atoms with Crippen molar-refractivity contribution in [2.75, 3.05) is 11.1 Å². The van der Waals surface area contributed by atoms with Crippen LogP contribution in [0.2, 0.25) is 15.1 Å². The summed E-state index contributed by atoms with van der Waals surface area (Å²) in [5, 5.41) is 14.4. The molecule has 3 aromatic rings. The Balaban J connectivity index is 1.66. The zero-order valence-corrected chi connectivity index (χ0v) is 21.9. The topological polar surface area (TPSA) is 88.9 Å². The van der Waals surface area contributed by atoms with E-state index in [2.05, 4.69) is 20.8 Å². The van der Waals surface area contributed by atoms with E-state index in [4.69, 9.17) is 34.8 Å². The first kappa shape index (κ1) is 28.1. The van der Waals surface area contributed by atoms with E-state index in [1.165, 1.54) is 12.1 Å². The van der Waals surface area contributed by atoms with Gasteiger partial charge in [0.2, 0.25) is 5.91 Å². The maximum absolute atomic E-state index is 13.0. The Morgan fingerprint density at radius 1 is 1.08 bits per heavy atom. The lowest BCUT2D eigenvalue weighted by Crippen LogP contribution is -2.29. The predicted molar refractivity (Wildman–Crippen MR) is 134 cm³/mol. The second kappa shape index (κ2) is 11.7. The van der Waals surface area contributed by atoms with Crippen molar-refractivity contribution >= 4 is 64.1 Å². The van der Waals surface area contributed by atoms with Gasteiger partial charge < -0.3 is 15.2 Å². The van der Waals surface area contributed by atoms with E-state index < -0.39 is 29.6 Å². The van der Waals surface area contributed by atoms with E-state index in [1.807, 2.05) is 6.92 Å². The number of rotatable bonds is 8. The molecule has 2 amide bonds. The number of thioether (sulfide) groups is 1. The average molecular weight is 581 g/mol. The molecule has 36 heavy (non-hydrogen) atoms. The largest absolute Gasteiger partial charge is 0.416 e. The zero-order valence-electron chi connectivity index (χ0n) is 18.8. The van der Waals surface area contributed by atoms with Gasteiger partial charge in [0.1, 0.15) is 0 Å². The third kappa shape index (κ3) is 6.84. The third-order valence-corrected chi connectivity index (χ3v) is 6.72. The van der Waals surface area contributed by atoms with Crippen LogP contribution in [0.1, 0.15) is 41.6 Å². The van der Waals surface area contributed by atoms with Gasteiger partial charge in [-0.05, 0) is 50.2 Å². The minimum atomic E-state index is -4.57. The summed E-state index contributed by atoms with van der Waals surface area (Å²) in [6.07, 6.45) is -4.57. The van der Waals surface area contributed by atoms with Gasteiger partial charge in [0.25, 0.3) is 5.91 Å². The molecule has 0 aliphatic heterocycles. The number of amides is 2. The number of carbonyl (C=O) groups is 2. The van der Waals surface area contributed by atoms with Crippen LogP contribution in [-0.2, 0) is 17.5 Å². The van der Waals surface area contributed by atoms with Gasteiger partial charge in [-0.2, -0.15) is 13.2 Å². The molecule has 0 radical (unpaired) electrons. The van der Waals surface area contributed by atoms with Gasteiger partial charge in [-0.3, -0.25) is 9.59 Å². The van der Waals surface area contributed by atoms with Crippen LogP contribution < -0.4 is 10.6 Å². The Morgan fingerprint density at radius 2 is 1.81 bits per heavy atom. The summed E-state index contributed by atoms with van der Waals surface area (Å²) in [5.74, 6) is -0.723. The number of hydrogen-bond donors (Lipinski definition) is 2. The molecule has 0 bridgehead atoms. The first-order chi connectivity index (χ1) is 16.9. The maximum atomic E-state index is 13.0. The smallest absolute Gasteiger partial charge is 0.342 e. The van der Waals surface area contributed by atoms with Crippen molar-refractivity contribution in [2.24, 2.45) is 0 Å². The second-order valence-corrected chi connectivity index (χ2v) is 9.63. The average Bonchev–Trinajstić information content (AvgIpc) is 3.21. The molecular formula is C22H19Cl3F3N5O2S. The van der Waals surface area contributed by atoms with E-state index >= 15 is 0 Å².